The van der Waals surface area contributed by atoms with Gasteiger partial charge in [-0.3, -0.25) is 0 Å². The van der Waals surface area contributed by atoms with Crippen molar-refractivity contribution in [2.45, 2.75) is 26.2 Å². The van der Waals surface area contributed by atoms with Crippen LogP contribution in [0.25, 0.3) is 10.9 Å². The molecule has 0 spiro atoms. The van der Waals surface area contributed by atoms with Gasteiger partial charge in [0.15, 0.2) is 0 Å². The van der Waals surface area contributed by atoms with Gasteiger partial charge in [-0.1, -0.05) is 32.9 Å². The maximum Gasteiger partial charge on any atom is 0.149 e. The van der Waals surface area contributed by atoms with Crippen molar-refractivity contribution < 1.29 is 9.50 Å². The molecule has 1 N–H and O–H groups in total. The Kier molecular flexibility index (Phi) is 2.34. The molecule has 0 amide bonds. The first kappa shape index (κ1) is 10.9. The Balaban J connectivity index is 2.91. The third kappa shape index (κ3) is 1.62. The minimum atomic E-state index is -0.358. The molecule has 84 valence electrons. The molecule has 0 saturated heterocycles. The zero-order valence-corrected chi connectivity index (χ0v) is 9.58. The van der Waals surface area contributed by atoms with Gasteiger partial charge in [-0.05, 0) is 11.5 Å². The van der Waals surface area contributed by atoms with Crippen LogP contribution in [0.4, 0.5) is 4.39 Å². The smallest absolute Gasteiger partial charge is 0.149 e. The summed E-state index contributed by atoms with van der Waals surface area (Å²) in [5.74, 6) is -0.242. The van der Waals surface area contributed by atoms with Gasteiger partial charge in [-0.2, -0.15) is 0 Å². The van der Waals surface area contributed by atoms with Crippen molar-refractivity contribution in [2.75, 3.05) is 0 Å². The second-order valence-electron chi connectivity index (χ2n) is 4.90. The maximum atomic E-state index is 13.5. The molecule has 0 aliphatic carbocycles. The van der Waals surface area contributed by atoms with Crippen LogP contribution in [0.15, 0.2) is 24.4 Å². The summed E-state index contributed by atoms with van der Waals surface area (Å²) in [7, 11) is 0. The van der Waals surface area contributed by atoms with Crippen LogP contribution in [0, 0.1) is 5.82 Å². The van der Waals surface area contributed by atoms with Crippen LogP contribution < -0.4 is 0 Å². The summed E-state index contributed by atoms with van der Waals surface area (Å²) in [4.78, 5) is 3.93. The van der Waals surface area contributed by atoms with Crippen LogP contribution in [0.1, 0.15) is 26.3 Å². The van der Waals surface area contributed by atoms with Gasteiger partial charge in [0, 0.05) is 10.9 Å². The summed E-state index contributed by atoms with van der Waals surface area (Å²) in [6.07, 6.45) is 1.31. The number of aromatic hydroxyl groups is 1. The van der Waals surface area contributed by atoms with Crippen LogP contribution in [-0.2, 0) is 5.41 Å². The van der Waals surface area contributed by atoms with Gasteiger partial charge in [0.1, 0.15) is 17.1 Å². The second-order valence-corrected chi connectivity index (χ2v) is 4.90. The number of pyridine rings is 1. The van der Waals surface area contributed by atoms with Crippen molar-refractivity contribution in [1.82, 2.24) is 4.98 Å². The zero-order valence-electron chi connectivity index (χ0n) is 9.58. The largest absolute Gasteiger partial charge is 0.506 e. The Labute approximate surface area is 93.8 Å². The van der Waals surface area contributed by atoms with Crippen LogP contribution in [0.5, 0.6) is 5.75 Å². The lowest BCUT2D eigenvalue weighted by atomic mass is 9.84. The topological polar surface area (TPSA) is 33.1 Å². The van der Waals surface area contributed by atoms with E-state index in [2.05, 4.69) is 4.98 Å². The van der Waals surface area contributed by atoms with E-state index in [4.69, 9.17) is 0 Å². The van der Waals surface area contributed by atoms with Gasteiger partial charge in [0.05, 0.1) is 6.20 Å². The molecule has 0 fully saturated rings. The minimum Gasteiger partial charge on any atom is -0.506 e. The fourth-order valence-corrected chi connectivity index (χ4v) is 1.96. The van der Waals surface area contributed by atoms with Crippen molar-refractivity contribution >= 4 is 10.9 Å². The Morgan fingerprint density at radius 3 is 2.56 bits per heavy atom. The Morgan fingerprint density at radius 2 is 1.94 bits per heavy atom. The van der Waals surface area contributed by atoms with Crippen LogP contribution in [0.3, 0.4) is 0 Å². The highest BCUT2D eigenvalue weighted by molar-refractivity contribution is 5.85. The van der Waals surface area contributed by atoms with Gasteiger partial charge < -0.3 is 5.11 Å². The summed E-state index contributed by atoms with van der Waals surface area (Å²) < 4.78 is 13.5. The average Bonchev–Trinajstić information content (AvgIpc) is 2.15. The fourth-order valence-electron chi connectivity index (χ4n) is 1.96. The molecule has 0 bridgehead atoms. The van der Waals surface area contributed by atoms with Gasteiger partial charge in [0.25, 0.3) is 0 Å². The van der Waals surface area contributed by atoms with Gasteiger partial charge in [-0.25, -0.2) is 9.37 Å². The Hall–Kier alpha value is -1.64. The number of hydrogen-bond acceptors (Lipinski definition) is 2. The molecule has 0 radical (unpaired) electrons. The molecule has 0 unspecified atom stereocenters. The summed E-state index contributed by atoms with van der Waals surface area (Å²) in [5, 5.41) is 10.5. The van der Waals surface area contributed by atoms with E-state index in [9.17, 15) is 9.50 Å². The van der Waals surface area contributed by atoms with E-state index in [-0.39, 0.29) is 17.0 Å². The highest BCUT2D eigenvalue weighted by Crippen LogP contribution is 2.36. The number of nitrogens with zero attached hydrogens (tertiary/aromatic N) is 1. The van der Waals surface area contributed by atoms with Crippen LogP contribution in [0.2, 0.25) is 0 Å². The van der Waals surface area contributed by atoms with Crippen molar-refractivity contribution in [3.05, 3.63) is 35.8 Å². The van der Waals surface area contributed by atoms with E-state index in [1.165, 1.54) is 12.3 Å². The number of aromatic nitrogens is 1. The molecule has 0 atom stereocenters. The highest BCUT2D eigenvalue weighted by atomic mass is 19.1. The maximum absolute atomic E-state index is 13.5. The minimum absolute atomic E-state index is 0.116. The molecule has 16 heavy (non-hydrogen) atoms. The standard InChI is InChI=1S/C13H14FNO/c1-13(2,3)11-8-5-4-6-9(14)12(8)15-7-10(11)16/h4-7,16H,1-3H3. The molecular formula is C13H14FNO. The summed E-state index contributed by atoms with van der Waals surface area (Å²) >= 11 is 0. The van der Waals surface area contributed by atoms with E-state index in [1.807, 2.05) is 20.8 Å². The second kappa shape index (κ2) is 3.44. The summed E-state index contributed by atoms with van der Waals surface area (Å²) in [6.45, 7) is 5.94. The lowest BCUT2D eigenvalue weighted by molar-refractivity contribution is 0.447. The zero-order chi connectivity index (χ0) is 11.9. The molecule has 2 nitrogen and oxygen atoms in total. The molecule has 1 aromatic heterocycles. The monoisotopic (exact) mass is 219 g/mol. The molecule has 2 aromatic rings. The van der Waals surface area contributed by atoms with E-state index in [1.54, 1.807) is 12.1 Å². The molecule has 1 heterocycles. The normalized spacial score (nSPS) is 12.0. The molecule has 3 heteroatoms. The van der Waals surface area contributed by atoms with Crippen molar-refractivity contribution in [1.29, 1.82) is 0 Å². The Bertz CT molecular complexity index is 543. The molecule has 0 aliphatic rings. The quantitative estimate of drug-likeness (QED) is 0.736. The van der Waals surface area contributed by atoms with Crippen molar-refractivity contribution in [3.8, 4) is 5.75 Å². The first-order valence-electron chi connectivity index (χ1n) is 5.18. The summed E-state index contributed by atoms with van der Waals surface area (Å²) in [5.41, 5.74) is 0.793. The van der Waals surface area contributed by atoms with Gasteiger partial charge in [-0.15, -0.1) is 0 Å². The number of para-hydroxylation sites is 1. The molecule has 1 aromatic carbocycles. The van der Waals surface area contributed by atoms with Crippen LogP contribution >= 0.6 is 0 Å². The first-order valence-corrected chi connectivity index (χ1v) is 5.18. The lowest BCUT2D eigenvalue weighted by Crippen LogP contribution is -2.12. The van der Waals surface area contributed by atoms with Gasteiger partial charge >= 0.3 is 0 Å². The molecule has 2 rings (SSSR count). The van der Waals surface area contributed by atoms with Crippen molar-refractivity contribution in [2.24, 2.45) is 0 Å². The van der Waals surface area contributed by atoms with E-state index in [0.29, 0.717) is 10.9 Å². The number of rotatable bonds is 0. The Morgan fingerprint density at radius 1 is 1.25 bits per heavy atom. The predicted octanol–water partition coefficient (Wildman–Crippen LogP) is 3.38. The van der Waals surface area contributed by atoms with E-state index in [0.717, 1.165) is 5.56 Å². The third-order valence-corrected chi connectivity index (χ3v) is 2.58. The van der Waals surface area contributed by atoms with Crippen molar-refractivity contribution in [3.63, 3.8) is 0 Å². The fraction of sp³-hybridized carbons (Fsp3) is 0.308. The SMILES string of the molecule is CC(C)(C)c1c(O)cnc2c(F)cccc12. The summed E-state index contributed by atoms with van der Waals surface area (Å²) in [6, 6.07) is 4.79. The number of benzene rings is 1. The lowest BCUT2D eigenvalue weighted by Gasteiger charge is -2.22. The molecule has 0 saturated carbocycles. The predicted molar refractivity (Wildman–Crippen MR) is 62.1 cm³/mol. The molecular weight excluding hydrogens is 205 g/mol. The average molecular weight is 219 g/mol. The molecule has 0 aliphatic heterocycles. The van der Waals surface area contributed by atoms with E-state index >= 15 is 0 Å². The highest BCUT2D eigenvalue weighted by Gasteiger charge is 2.22. The van der Waals surface area contributed by atoms with E-state index < -0.39 is 0 Å². The number of halogens is 1. The number of fused-ring (bicyclic) bond motifs is 1. The third-order valence-electron chi connectivity index (χ3n) is 2.58. The first-order chi connectivity index (χ1) is 7.41. The number of hydrogen-bond donors (Lipinski definition) is 1. The van der Waals surface area contributed by atoms with Crippen LogP contribution in [-0.4, -0.2) is 10.1 Å². The van der Waals surface area contributed by atoms with Gasteiger partial charge in [0.2, 0.25) is 0 Å².